The monoisotopic (exact) mass is 341 g/mol. The van der Waals surface area contributed by atoms with Gasteiger partial charge in [-0.05, 0) is 31.2 Å². The molecule has 6 heteroatoms. The smallest absolute Gasteiger partial charge is 0.350 e. The summed E-state index contributed by atoms with van der Waals surface area (Å²) in [4.78, 5) is 16.2. The van der Waals surface area contributed by atoms with Crippen LogP contribution in [0.3, 0.4) is 0 Å². The second kappa shape index (κ2) is 6.68. The van der Waals surface area contributed by atoms with Crippen molar-refractivity contribution in [3.8, 4) is 5.75 Å². The molecule has 0 saturated heterocycles. The number of hydrogen-bond donors (Lipinski definition) is 0. The minimum atomic E-state index is -0.348. The zero-order chi connectivity index (χ0) is 13.7. The number of benzene rings is 1. The van der Waals surface area contributed by atoms with Gasteiger partial charge in [0.15, 0.2) is 0 Å². The molecule has 0 amide bonds. The minimum absolute atomic E-state index is 0.215. The maximum atomic E-state index is 11.7. The second-order valence-electron chi connectivity index (χ2n) is 3.71. The van der Waals surface area contributed by atoms with Crippen molar-refractivity contribution >= 4 is 33.2 Å². The molecule has 1 heterocycles. The molecular formula is C13H12BrNO3S. The molecule has 0 aliphatic heterocycles. The van der Waals surface area contributed by atoms with Gasteiger partial charge in [-0.1, -0.05) is 15.9 Å². The molecule has 0 radical (unpaired) electrons. The number of esters is 1. The molecule has 0 saturated carbocycles. The fourth-order valence-corrected chi connectivity index (χ4v) is 2.35. The maximum absolute atomic E-state index is 11.7. The molecule has 19 heavy (non-hydrogen) atoms. The normalized spacial score (nSPS) is 10.2. The van der Waals surface area contributed by atoms with Gasteiger partial charge in [-0.15, -0.1) is 11.3 Å². The Bertz CT molecular complexity index is 553. The average molecular weight is 342 g/mol. The molecule has 2 rings (SSSR count). The van der Waals surface area contributed by atoms with E-state index in [9.17, 15) is 4.79 Å². The first-order valence-corrected chi connectivity index (χ1v) is 7.29. The number of aromatic nitrogens is 1. The van der Waals surface area contributed by atoms with Crippen molar-refractivity contribution in [2.75, 3.05) is 13.2 Å². The molecular weight excluding hydrogens is 330 g/mol. The summed E-state index contributed by atoms with van der Waals surface area (Å²) in [6.07, 6.45) is 0. The van der Waals surface area contributed by atoms with E-state index in [0.29, 0.717) is 17.2 Å². The Morgan fingerprint density at radius 3 is 2.68 bits per heavy atom. The van der Waals surface area contributed by atoms with E-state index in [2.05, 4.69) is 20.9 Å². The molecule has 2 aromatic rings. The number of nitrogens with zero attached hydrogens (tertiary/aromatic N) is 1. The van der Waals surface area contributed by atoms with Crippen LogP contribution in [0.4, 0.5) is 0 Å². The van der Waals surface area contributed by atoms with Gasteiger partial charge in [0.1, 0.15) is 23.8 Å². The summed E-state index contributed by atoms with van der Waals surface area (Å²) in [7, 11) is 0. The second-order valence-corrected chi connectivity index (χ2v) is 5.48. The van der Waals surface area contributed by atoms with E-state index in [4.69, 9.17) is 9.47 Å². The first-order valence-electron chi connectivity index (χ1n) is 5.62. The van der Waals surface area contributed by atoms with Crippen LogP contribution in [0.25, 0.3) is 0 Å². The van der Waals surface area contributed by atoms with Crippen molar-refractivity contribution in [1.29, 1.82) is 0 Å². The number of thiazole rings is 1. The Kier molecular flexibility index (Phi) is 4.93. The summed E-state index contributed by atoms with van der Waals surface area (Å²) in [5.41, 5.74) is 2.33. The molecule has 0 N–H and O–H groups in total. The maximum Gasteiger partial charge on any atom is 0.350 e. The predicted molar refractivity (Wildman–Crippen MR) is 76.8 cm³/mol. The lowest BCUT2D eigenvalue weighted by molar-refractivity contribution is 0.0455. The number of halogens is 1. The van der Waals surface area contributed by atoms with Gasteiger partial charge in [-0.25, -0.2) is 9.78 Å². The molecule has 0 aliphatic rings. The van der Waals surface area contributed by atoms with Crippen LogP contribution in [0.5, 0.6) is 5.75 Å². The van der Waals surface area contributed by atoms with E-state index < -0.39 is 0 Å². The SMILES string of the molecule is Cc1ncsc1C(=O)OCCOc1ccc(Br)cc1. The molecule has 1 aromatic heterocycles. The van der Waals surface area contributed by atoms with Crippen molar-refractivity contribution in [2.45, 2.75) is 6.92 Å². The van der Waals surface area contributed by atoms with E-state index in [-0.39, 0.29) is 12.6 Å². The summed E-state index contributed by atoms with van der Waals surface area (Å²) < 4.78 is 11.6. The fraction of sp³-hybridized carbons (Fsp3) is 0.231. The van der Waals surface area contributed by atoms with Crippen molar-refractivity contribution in [3.63, 3.8) is 0 Å². The highest BCUT2D eigenvalue weighted by Gasteiger charge is 2.12. The number of aryl methyl sites for hydroxylation is 1. The van der Waals surface area contributed by atoms with Crippen molar-refractivity contribution < 1.29 is 14.3 Å². The number of ether oxygens (including phenoxy) is 2. The van der Waals surface area contributed by atoms with Crippen LogP contribution in [-0.2, 0) is 4.74 Å². The fourth-order valence-electron chi connectivity index (χ4n) is 1.39. The zero-order valence-corrected chi connectivity index (χ0v) is 12.7. The van der Waals surface area contributed by atoms with Gasteiger partial charge in [-0.3, -0.25) is 0 Å². The van der Waals surface area contributed by atoms with E-state index in [1.165, 1.54) is 11.3 Å². The first kappa shape index (κ1) is 14.0. The first-order chi connectivity index (χ1) is 9.16. The van der Waals surface area contributed by atoms with E-state index in [1.54, 1.807) is 12.4 Å². The van der Waals surface area contributed by atoms with Crippen LogP contribution in [0.15, 0.2) is 34.2 Å². The van der Waals surface area contributed by atoms with E-state index in [0.717, 1.165) is 10.2 Å². The van der Waals surface area contributed by atoms with Crippen LogP contribution in [0.1, 0.15) is 15.4 Å². The van der Waals surface area contributed by atoms with Gasteiger partial charge in [0.05, 0.1) is 11.2 Å². The average Bonchev–Trinajstić information content (AvgIpc) is 2.83. The Hall–Kier alpha value is -1.40. The van der Waals surface area contributed by atoms with Crippen LogP contribution in [-0.4, -0.2) is 24.2 Å². The zero-order valence-electron chi connectivity index (χ0n) is 10.3. The highest BCUT2D eigenvalue weighted by atomic mass is 79.9. The van der Waals surface area contributed by atoms with Crippen molar-refractivity contribution in [2.24, 2.45) is 0 Å². The van der Waals surface area contributed by atoms with Crippen LogP contribution in [0, 0.1) is 6.92 Å². The lowest BCUT2D eigenvalue weighted by Gasteiger charge is -2.07. The number of carbonyl (C=O) groups excluding carboxylic acids is 1. The Morgan fingerprint density at radius 1 is 1.32 bits per heavy atom. The topological polar surface area (TPSA) is 48.4 Å². The van der Waals surface area contributed by atoms with Gasteiger partial charge in [0.2, 0.25) is 0 Å². The summed E-state index contributed by atoms with van der Waals surface area (Å²) in [6.45, 7) is 2.32. The van der Waals surface area contributed by atoms with Gasteiger partial charge >= 0.3 is 5.97 Å². The Labute approximate surface area is 123 Å². The third-order valence-corrected chi connectivity index (χ3v) is 3.77. The largest absolute Gasteiger partial charge is 0.490 e. The molecule has 0 aliphatic carbocycles. The van der Waals surface area contributed by atoms with Crippen LogP contribution >= 0.6 is 27.3 Å². The quantitative estimate of drug-likeness (QED) is 0.617. The molecule has 4 nitrogen and oxygen atoms in total. The summed E-state index contributed by atoms with van der Waals surface area (Å²) in [6, 6.07) is 7.47. The number of hydrogen-bond acceptors (Lipinski definition) is 5. The van der Waals surface area contributed by atoms with Gasteiger partial charge in [-0.2, -0.15) is 0 Å². The highest BCUT2D eigenvalue weighted by Crippen LogP contribution is 2.16. The Balaban J connectivity index is 1.74. The number of carbonyl (C=O) groups is 1. The molecule has 0 fully saturated rings. The molecule has 0 unspecified atom stereocenters. The predicted octanol–water partition coefficient (Wildman–Crippen LogP) is 3.45. The Morgan fingerprint density at radius 2 is 2.05 bits per heavy atom. The van der Waals surface area contributed by atoms with Crippen LogP contribution < -0.4 is 4.74 Å². The van der Waals surface area contributed by atoms with Gasteiger partial charge < -0.3 is 9.47 Å². The van der Waals surface area contributed by atoms with Crippen LogP contribution in [0.2, 0.25) is 0 Å². The standard InChI is InChI=1S/C13H12BrNO3S/c1-9-12(19-8-15-9)13(16)18-7-6-17-11-4-2-10(14)3-5-11/h2-5,8H,6-7H2,1H3. The van der Waals surface area contributed by atoms with Crippen molar-refractivity contribution in [3.05, 3.63) is 44.8 Å². The summed E-state index contributed by atoms with van der Waals surface area (Å²) >= 11 is 4.63. The molecule has 0 atom stereocenters. The minimum Gasteiger partial charge on any atom is -0.490 e. The summed E-state index contributed by atoms with van der Waals surface area (Å²) in [5.74, 6) is 0.396. The third kappa shape index (κ3) is 4.04. The lowest BCUT2D eigenvalue weighted by Crippen LogP contribution is -2.12. The van der Waals surface area contributed by atoms with E-state index in [1.807, 2.05) is 24.3 Å². The van der Waals surface area contributed by atoms with E-state index >= 15 is 0 Å². The molecule has 0 spiro atoms. The molecule has 100 valence electrons. The molecule has 0 bridgehead atoms. The van der Waals surface area contributed by atoms with Crippen molar-refractivity contribution in [1.82, 2.24) is 4.98 Å². The summed E-state index contributed by atoms with van der Waals surface area (Å²) in [5, 5.41) is 0. The van der Waals surface area contributed by atoms with Gasteiger partial charge in [0.25, 0.3) is 0 Å². The molecule has 1 aromatic carbocycles. The third-order valence-electron chi connectivity index (χ3n) is 2.33. The van der Waals surface area contributed by atoms with Gasteiger partial charge in [0, 0.05) is 4.47 Å². The lowest BCUT2D eigenvalue weighted by atomic mass is 10.3. The number of rotatable bonds is 5. The highest BCUT2D eigenvalue weighted by molar-refractivity contribution is 9.10.